The van der Waals surface area contributed by atoms with Gasteiger partial charge in [0, 0.05) is 7.11 Å². The molecular weight excluding hydrogens is 147 g/mol. The Labute approximate surface area is 57.1 Å². The molecule has 0 spiro atoms. The van der Waals surface area contributed by atoms with Crippen LogP contribution in [0, 0.1) is 0 Å². The SMILES string of the molecule is CO[C@@H](C)[C@@H](N)C(F)(F)F. The molecule has 0 radical (unpaired) electrons. The predicted molar refractivity (Wildman–Crippen MR) is 30.5 cm³/mol. The van der Waals surface area contributed by atoms with Crippen molar-refractivity contribution in [2.24, 2.45) is 5.73 Å². The van der Waals surface area contributed by atoms with Gasteiger partial charge in [-0.1, -0.05) is 0 Å². The van der Waals surface area contributed by atoms with E-state index < -0.39 is 18.3 Å². The maximum Gasteiger partial charge on any atom is 0.406 e. The van der Waals surface area contributed by atoms with Crippen molar-refractivity contribution in [3.05, 3.63) is 0 Å². The monoisotopic (exact) mass is 157 g/mol. The average Bonchev–Trinajstić information content (AvgIpc) is 1.83. The molecule has 0 saturated heterocycles. The summed E-state index contributed by atoms with van der Waals surface area (Å²) in [6.07, 6.45) is -5.35. The summed E-state index contributed by atoms with van der Waals surface area (Å²) in [4.78, 5) is 0. The third kappa shape index (κ3) is 2.53. The van der Waals surface area contributed by atoms with Gasteiger partial charge in [0.05, 0.1) is 6.10 Å². The van der Waals surface area contributed by atoms with Gasteiger partial charge in [0.15, 0.2) is 0 Å². The second-order valence-electron chi connectivity index (χ2n) is 2.01. The number of hydrogen-bond donors (Lipinski definition) is 1. The zero-order chi connectivity index (χ0) is 8.36. The van der Waals surface area contributed by atoms with Crippen LogP contribution in [0.2, 0.25) is 0 Å². The van der Waals surface area contributed by atoms with Crippen LogP contribution < -0.4 is 5.73 Å². The van der Waals surface area contributed by atoms with Gasteiger partial charge in [-0.3, -0.25) is 0 Å². The molecule has 5 heteroatoms. The number of halogens is 3. The molecule has 2 nitrogen and oxygen atoms in total. The van der Waals surface area contributed by atoms with Gasteiger partial charge < -0.3 is 10.5 Å². The molecule has 0 fully saturated rings. The lowest BCUT2D eigenvalue weighted by molar-refractivity contribution is -0.170. The molecule has 0 aliphatic heterocycles. The van der Waals surface area contributed by atoms with E-state index in [1.165, 1.54) is 14.0 Å². The molecule has 0 saturated carbocycles. The lowest BCUT2D eigenvalue weighted by Crippen LogP contribution is -2.46. The zero-order valence-corrected chi connectivity index (χ0v) is 5.77. The van der Waals surface area contributed by atoms with Gasteiger partial charge in [0.2, 0.25) is 0 Å². The predicted octanol–water partition coefficient (Wildman–Crippen LogP) is 0.911. The largest absolute Gasteiger partial charge is 0.406 e. The molecule has 0 heterocycles. The van der Waals surface area contributed by atoms with Gasteiger partial charge in [-0.2, -0.15) is 13.2 Å². The number of methoxy groups -OCH3 is 1. The highest BCUT2D eigenvalue weighted by atomic mass is 19.4. The van der Waals surface area contributed by atoms with E-state index in [0.717, 1.165) is 0 Å². The Bertz CT molecular complexity index is 104. The molecule has 2 atom stereocenters. The third-order valence-electron chi connectivity index (χ3n) is 1.26. The Balaban J connectivity index is 3.94. The first-order valence-corrected chi connectivity index (χ1v) is 2.74. The molecule has 0 bridgehead atoms. The van der Waals surface area contributed by atoms with Crippen LogP contribution in [-0.4, -0.2) is 25.4 Å². The highest BCUT2D eigenvalue weighted by molar-refractivity contribution is 4.76. The fourth-order valence-corrected chi connectivity index (χ4v) is 0.413. The molecule has 0 aliphatic carbocycles. The maximum absolute atomic E-state index is 11.7. The minimum atomic E-state index is -4.37. The fourth-order valence-electron chi connectivity index (χ4n) is 0.413. The Morgan fingerprint density at radius 2 is 1.80 bits per heavy atom. The topological polar surface area (TPSA) is 35.2 Å². The molecule has 0 aromatic rings. The number of hydrogen-bond acceptors (Lipinski definition) is 2. The van der Waals surface area contributed by atoms with Crippen LogP contribution in [0.1, 0.15) is 6.92 Å². The van der Waals surface area contributed by atoms with Crippen molar-refractivity contribution < 1.29 is 17.9 Å². The minimum Gasteiger partial charge on any atom is -0.380 e. The highest BCUT2D eigenvalue weighted by Gasteiger charge is 2.40. The van der Waals surface area contributed by atoms with E-state index in [-0.39, 0.29) is 0 Å². The standard InChI is InChI=1S/C5H10F3NO/c1-3(10-2)4(9)5(6,7)8/h3-4H,9H2,1-2H3/t3-,4+/m0/s1. The second kappa shape index (κ2) is 3.21. The lowest BCUT2D eigenvalue weighted by atomic mass is 10.2. The molecule has 10 heavy (non-hydrogen) atoms. The van der Waals surface area contributed by atoms with Crippen LogP contribution in [-0.2, 0) is 4.74 Å². The Morgan fingerprint density at radius 3 is 1.90 bits per heavy atom. The van der Waals surface area contributed by atoms with Crippen LogP contribution >= 0.6 is 0 Å². The van der Waals surface area contributed by atoms with Crippen molar-refractivity contribution in [1.82, 2.24) is 0 Å². The van der Waals surface area contributed by atoms with Crippen LogP contribution in [0.25, 0.3) is 0 Å². The molecule has 0 aliphatic rings. The van der Waals surface area contributed by atoms with Crippen molar-refractivity contribution >= 4 is 0 Å². The Morgan fingerprint density at radius 1 is 1.40 bits per heavy atom. The summed E-state index contributed by atoms with van der Waals surface area (Å²) in [6, 6.07) is -1.89. The van der Waals surface area contributed by atoms with Crippen molar-refractivity contribution in [3.8, 4) is 0 Å². The van der Waals surface area contributed by atoms with E-state index in [4.69, 9.17) is 5.73 Å². The van der Waals surface area contributed by atoms with Gasteiger partial charge >= 0.3 is 6.18 Å². The van der Waals surface area contributed by atoms with E-state index in [1.807, 2.05) is 0 Å². The van der Waals surface area contributed by atoms with Crippen molar-refractivity contribution in [1.29, 1.82) is 0 Å². The molecule has 2 N–H and O–H groups in total. The van der Waals surface area contributed by atoms with E-state index >= 15 is 0 Å². The van der Waals surface area contributed by atoms with Crippen molar-refractivity contribution in [2.75, 3.05) is 7.11 Å². The van der Waals surface area contributed by atoms with Crippen LogP contribution in [0.5, 0.6) is 0 Å². The number of alkyl halides is 3. The highest BCUT2D eigenvalue weighted by Crippen LogP contribution is 2.21. The molecule has 0 rings (SSSR count). The second-order valence-corrected chi connectivity index (χ2v) is 2.01. The summed E-state index contributed by atoms with van der Waals surface area (Å²) in [5, 5.41) is 0. The van der Waals surface area contributed by atoms with E-state index in [9.17, 15) is 13.2 Å². The summed E-state index contributed by atoms with van der Waals surface area (Å²) < 4.78 is 39.4. The summed E-state index contributed by atoms with van der Waals surface area (Å²) in [5.41, 5.74) is 4.75. The maximum atomic E-state index is 11.7. The Kier molecular flexibility index (Phi) is 3.11. The average molecular weight is 157 g/mol. The van der Waals surface area contributed by atoms with Gasteiger partial charge in [0.1, 0.15) is 6.04 Å². The summed E-state index contributed by atoms with van der Waals surface area (Å²) in [5.74, 6) is 0. The number of rotatable bonds is 2. The normalized spacial score (nSPS) is 18.6. The molecular formula is C5H10F3NO. The molecule has 0 aromatic carbocycles. The fraction of sp³-hybridized carbons (Fsp3) is 1.00. The number of nitrogens with two attached hydrogens (primary N) is 1. The smallest absolute Gasteiger partial charge is 0.380 e. The zero-order valence-electron chi connectivity index (χ0n) is 5.77. The van der Waals surface area contributed by atoms with Crippen LogP contribution in [0.15, 0.2) is 0 Å². The molecule has 0 aromatic heterocycles. The van der Waals surface area contributed by atoms with Gasteiger partial charge in [-0.05, 0) is 6.92 Å². The van der Waals surface area contributed by atoms with E-state index in [0.29, 0.717) is 0 Å². The van der Waals surface area contributed by atoms with Gasteiger partial charge in [-0.15, -0.1) is 0 Å². The van der Waals surface area contributed by atoms with Crippen molar-refractivity contribution in [3.63, 3.8) is 0 Å². The summed E-state index contributed by atoms with van der Waals surface area (Å²) in [7, 11) is 1.19. The Hall–Kier alpha value is -0.290. The minimum absolute atomic E-state index is 0.986. The lowest BCUT2D eigenvalue weighted by Gasteiger charge is -2.20. The number of ether oxygens (including phenoxy) is 1. The van der Waals surface area contributed by atoms with Gasteiger partial charge in [0.25, 0.3) is 0 Å². The molecule has 62 valence electrons. The molecule has 0 unspecified atom stereocenters. The van der Waals surface area contributed by atoms with Crippen molar-refractivity contribution in [2.45, 2.75) is 25.2 Å². The summed E-state index contributed by atoms with van der Waals surface area (Å²) in [6.45, 7) is 1.28. The van der Waals surface area contributed by atoms with E-state index in [1.54, 1.807) is 0 Å². The first-order valence-electron chi connectivity index (χ1n) is 2.74. The first kappa shape index (κ1) is 9.71. The summed E-state index contributed by atoms with van der Waals surface area (Å²) >= 11 is 0. The van der Waals surface area contributed by atoms with Crippen LogP contribution in [0.3, 0.4) is 0 Å². The van der Waals surface area contributed by atoms with E-state index in [2.05, 4.69) is 4.74 Å². The quantitative estimate of drug-likeness (QED) is 0.646. The van der Waals surface area contributed by atoms with Gasteiger partial charge in [-0.25, -0.2) is 0 Å². The van der Waals surface area contributed by atoms with Crippen LogP contribution in [0.4, 0.5) is 13.2 Å². The third-order valence-corrected chi connectivity index (χ3v) is 1.26. The molecule has 0 amide bonds. The first-order chi connectivity index (χ1) is 4.39.